The SMILES string of the molecule is O=C(O)CC1CN(c2cc(Cl)ccc2[N+](=O)[O-])CCO1. The summed E-state index contributed by atoms with van der Waals surface area (Å²) in [6.45, 7) is 1.06. The lowest BCUT2D eigenvalue weighted by Gasteiger charge is -2.33. The van der Waals surface area contributed by atoms with Crippen molar-refractivity contribution in [2.45, 2.75) is 12.5 Å². The van der Waals surface area contributed by atoms with Gasteiger partial charge in [-0.2, -0.15) is 0 Å². The van der Waals surface area contributed by atoms with Gasteiger partial charge in [0, 0.05) is 24.2 Å². The number of morpholine rings is 1. The molecule has 0 bridgehead atoms. The predicted molar refractivity (Wildman–Crippen MR) is 72.3 cm³/mol. The molecule has 1 fully saturated rings. The topological polar surface area (TPSA) is 92.9 Å². The Balaban J connectivity index is 2.24. The fraction of sp³-hybridized carbons (Fsp3) is 0.417. The summed E-state index contributed by atoms with van der Waals surface area (Å²) in [5.74, 6) is -0.961. The number of nitrogens with zero attached hydrogens (tertiary/aromatic N) is 2. The molecule has 2 rings (SSSR count). The van der Waals surface area contributed by atoms with Crippen LogP contribution < -0.4 is 4.90 Å². The quantitative estimate of drug-likeness (QED) is 0.674. The second-order valence-electron chi connectivity index (χ2n) is 4.43. The van der Waals surface area contributed by atoms with Gasteiger partial charge in [0.1, 0.15) is 5.69 Å². The van der Waals surface area contributed by atoms with E-state index >= 15 is 0 Å². The van der Waals surface area contributed by atoms with Crippen molar-refractivity contribution >= 4 is 28.9 Å². The minimum absolute atomic E-state index is 0.0506. The van der Waals surface area contributed by atoms with Crippen LogP contribution >= 0.6 is 11.6 Å². The van der Waals surface area contributed by atoms with Gasteiger partial charge in [-0.25, -0.2) is 0 Å². The summed E-state index contributed by atoms with van der Waals surface area (Å²) in [7, 11) is 0. The van der Waals surface area contributed by atoms with E-state index in [-0.39, 0.29) is 18.7 Å². The maximum absolute atomic E-state index is 11.0. The van der Waals surface area contributed by atoms with E-state index in [1.165, 1.54) is 18.2 Å². The van der Waals surface area contributed by atoms with E-state index in [1.54, 1.807) is 4.90 Å². The molecule has 20 heavy (non-hydrogen) atoms. The molecular formula is C12H13ClN2O5. The molecular weight excluding hydrogens is 288 g/mol. The minimum Gasteiger partial charge on any atom is -0.481 e. The molecule has 1 aliphatic heterocycles. The van der Waals surface area contributed by atoms with Gasteiger partial charge in [-0.15, -0.1) is 0 Å². The van der Waals surface area contributed by atoms with Crippen LogP contribution in [0.25, 0.3) is 0 Å². The van der Waals surface area contributed by atoms with Crippen molar-refractivity contribution in [1.82, 2.24) is 0 Å². The lowest BCUT2D eigenvalue weighted by Crippen LogP contribution is -2.43. The monoisotopic (exact) mass is 300 g/mol. The molecule has 1 aromatic rings. The number of nitro benzene ring substituents is 1. The Kier molecular flexibility index (Phi) is 4.41. The number of hydrogen-bond acceptors (Lipinski definition) is 5. The first kappa shape index (κ1) is 14.5. The molecule has 0 amide bonds. The van der Waals surface area contributed by atoms with Gasteiger partial charge < -0.3 is 14.7 Å². The molecule has 1 aliphatic rings. The molecule has 1 saturated heterocycles. The Morgan fingerprint density at radius 2 is 2.35 bits per heavy atom. The van der Waals surface area contributed by atoms with E-state index < -0.39 is 17.0 Å². The summed E-state index contributed by atoms with van der Waals surface area (Å²) in [4.78, 5) is 23.0. The average Bonchev–Trinajstić information content (AvgIpc) is 2.37. The first-order valence-corrected chi connectivity index (χ1v) is 6.37. The van der Waals surface area contributed by atoms with Gasteiger partial charge in [-0.05, 0) is 12.1 Å². The van der Waals surface area contributed by atoms with Gasteiger partial charge in [0.2, 0.25) is 0 Å². The van der Waals surface area contributed by atoms with Crippen LogP contribution in [0.1, 0.15) is 6.42 Å². The summed E-state index contributed by atoms with van der Waals surface area (Å²) in [6.07, 6.45) is -0.620. The van der Waals surface area contributed by atoms with Crippen molar-refractivity contribution in [3.05, 3.63) is 33.3 Å². The maximum Gasteiger partial charge on any atom is 0.306 e. The fourth-order valence-corrected chi connectivity index (χ4v) is 2.33. The molecule has 0 aliphatic carbocycles. The first-order chi connectivity index (χ1) is 9.47. The second kappa shape index (κ2) is 6.06. The van der Waals surface area contributed by atoms with E-state index in [0.29, 0.717) is 23.9 Å². The predicted octanol–water partition coefficient (Wildman–Crippen LogP) is 1.93. The van der Waals surface area contributed by atoms with Crippen LogP contribution in [-0.4, -0.2) is 41.8 Å². The fourth-order valence-electron chi connectivity index (χ4n) is 2.16. The number of benzene rings is 1. The van der Waals surface area contributed by atoms with Gasteiger partial charge in [-0.1, -0.05) is 11.6 Å². The largest absolute Gasteiger partial charge is 0.481 e. The van der Waals surface area contributed by atoms with Crippen molar-refractivity contribution < 1.29 is 19.6 Å². The molecule has 1 atom stereocenters. The van der Waals surface area contributed by atoms with Crippen LogP contribution in [0.4, 0.5) is 11.4 Å². The summed E-state index contributed by atoms with van der Waals surface area (Å²) in [6, 6.07) is 4.32. The van der Waals surface area contributed by atoms with E-state index in [1.807, 2.05) is 0 Å². The van der Waals surface area contributed by atoms with Crippen molar-refractivity contribution in [1.29, 1.82) is 0 Å². The molecule has 0 spiro atoms. The third-order valence-corrected chi connectivity index (χ3v) is 3.25. The highest BCUT2D eigenvalue weighted by Gasteiger charge is 2.27. The summed E-state index contributed by atoms with van der Waals surface area (Å²) in [5.41, 5.74) is 0.339. The summed E-state index contributed by atoms with van der Waals surface area (Å²) in [5, 5.41) is 20.2. The zero-order valence-electron chi connectivity index (χ0n) is 10.5. The van der Waals surface area contributed by atoms with Gasteiger partial charge in [-0.3, -0.25) is 14.9 Å². The van der Waals surface area contributed by atoms with Crippen LogP contribution in [0.15, 0.2) is 18.2 Å². The van der Waals surface area contributed by atoms with Gasteiger partial charge >= 0.3 is 5.97 Å². The van der Waals surface area contributed by atoms with Crippen LogP contribution in [0.2, 0.25) is 5.02 Å². The molecule has 0 radical (unpaired) electrons. The van der Waals surface area contributed by atoms with Gasteiger partial charge in [0.25, 0.3) is 5.69 Å². The smallest absolute Gasteiger partial charge is 0.306 e. The zero-order chi connectivity index (χ0) is 14.7. The Morgan fingerprint density at radius 3 is 3.00 bits per heavy atom. The number of aliphatic carboxylic acids is 1. The van der Waals surface area contributed by atoms with Crippen molar-refractivity contribution in [2.24, 2.45) is 0 Å². The highest BCUT2D eigenvalue weighted by molar-refractivity contribution is 6.31. The normalized spacial score (nSPS) is 18.9. The molecule has 1 unspecified atom stereocenters. The second-order valence-corrected chi connectivity index (χ2v) is 4.86. The number of rotatable bonds is 4. The highest BCUT2D eigenvalue weighted by Crippen LogP contribution is 2.32. The van der Waals surface area contributed by atoms with Crippen molar-refractivity contribution in [3.63, 3.8) is 0 Å². The lowest BCUT2D eigenvalue weighted by atomic mass is 10.1. The average molecular weight is 301 g/mol. The Hall–Kier alpha value is -1.86. The number of carboxylic acids is 1. The Labute approximate surface area is 119 Å². The lowest BCUT2D eigenvalue weighted by molar-refractivity contribution is -0.384. The van der Waals surface area contributed by atoms with Gasteiger partial charge in [0.15, 0.2) is 0 Å². The summed E-state index contributed by atoms with van der Waals surface area (Å²) < 4.78 is 5.35. The molecule has 8 heteroatoms. The molecule has 7 nitrogen and oxygen atoms in total. The zero-order valence-corrected chi connectivity index (χ0v) is 11.2. The van der Waals surface area contributed by atoms with E-state index in [9.17, 15) is 14.9 Å². The standard InChI is InChI=1S/C12H13ClN2O5/c13-8-1-2-10(15(18)19)11(5-8)14-3-4-20-9(7-14)6-12(16)17/h1-2,5,9H,3-4,6-7H2,(H,16,17). The number of anilines is 1. The van der Waals surface area contributed by atoms with Crippen molar-refractivity contribution in [2.75, 3.05) is 24.6 Å². The number of carbonyl (C=O) groups is 1. The van der Waals surface area contributed by atoms with Crippen LogP contribution in [0, 0.1) is 10.1 Å². The Morgan fingerprint density at radius 1 is 1.60 bits per heavy atom. The molecule has 0 aromatic heterocycles. The van der Waals surface area contributed by atoms with Crippen LogP contribution in [0.3, 0.4) is 0 Å². The van der Waals surface area contributed by atoms with E-state index in [0.717, 1.165) is 0 Å². The maximum atomic E-state index is 11.0. The molecule has 1 N–H and O–H groups in total. The minimum atomic E-state index is -0.961. The number of nitro groups is 1. The number of ether oxygens (including phenoxy) is 1. The molecule has 0 saturated carbocycles. The van der Waals surface area contributed by atoms with Crippen LogP contribution in [0.5, 0.6) is 0 Å². The first-order valence-electron chi connectivity index (χ1n) is 5.99. The summed E-state index contributed by atoms with van der Waals surface area (Å²) >= 11 is 5.89. The van der Waals surface area contributed by atoms with Crippen molar-refractivity contribution in [3.8, 4) is 0 Å². The van der Waals surface area contributed by atoms with E-state index in [4.69, 9.17) is 21.4 Å². The van der Waals surface area contributed by atoms with E-state index in [2.05, 4.69) is 0 Å². The molecule has 1 aromatic carbocycles. The van der Waals surface area contributed by atoms with Crippen LogP contribution in [-0.2, 0) is 9.53 Å². The van der Waals surface area contributed by atoms with Gasteiger partial charge in [0.05, 0.1) is 24.1 Å². The number of halogens is 1. The highest BCUT2D eigenvalue weighted by atomic mass is 35.5. The third-order valence-electron chi connectivity index (χ3n) is 3.02. The Bertz CT molecular complexity index is 537. The molecule has 1 heterocycles. The number of carboxylic acid groups (broad SMARTS) is 1. The third kappa shape index (κ3) is 3.37. The number of hydrogen-bond donors (Lipinski definition) is 1. The molecule has 108 valence electrons.